The van der Waals surface area contributed by atoms with Gasteiger partial charge in [0.05, 0.1) is 23.7 Å². The largest absolute Gasteiger partial charge is 0.497 e. The van der Waals surface area contributed by atoms with Gasteiger partial charge in [-0.3, -0.25) is 15.0 Å². The fourth-order valence-corrected chi connectivity index (χ4v) is 1.23. The van der Waals surface area contributed by atoms with Gasteiger partial charge in [-0.05, 0) is 19.1 Å². The average Bonchev–Trinajstić information content (AvgIpc) is 2.27. The average molecular weight is 212 g/mol. The smallest absolute Gasteiger partial charge is 0.278 e. The summed E-state index contributed by atoms with van der Waals surface area (Å²) in [6.45, 7) is 1.63. The minimum Gasteiger partial charge on any atom is -0.497 e. The first-order valence-corrected chi connectivity index (χ1v) is 4.28. The number of hydrogen-bond acceptors (Lipinski definition) is 5. The predicted molar refractivity (Wildman–Crippen MR) is 53.3 cm³/mol. The summed E-state index contributed by atoms with van der Waals surface area (Å²) < 4.78 is 4.90. The monoisotopic (exact) mass is 212 g/mol. The molecule has 1 unspecified atom stereocenters. The SMILES string of the molecule is COc1ccc(C(C)ON)c([N+](=O)[O-])c1. The predicted octanol–water partition coefficient (Wildman–Crippen LogP) is 1.55. The minimum absolute atomic E-state index is 0.0627. The minimum atomic E-state index is -0.531. The van der Waals surface area contributed by atoms with E-state index in [1.165, 1.54) is 13.2 Å². The normalized spacial score (nSPS) is 12.2. The van der Waals surface area contributed by atoms with Crippen molar-refractivity contribution in [3.8, 4) is 5.75 Å². The van der Waals surface area contributed by atoms with Crippen molar-refractivity contribution in [2.75, 3.05) is 7.11 Å². The van der Waals surface area contributed by atoms with E-state index >= 15 is 0 Å². The molecule has 1 atom stereocenters. The molecule has 0 spiro atoms. The van der Waals surface area contributed by atoms with Crippen LogP contribution in [0, 0.1) is 10.1 Å². The van der Waals surface area contributed by atoms with Crippen molar-refractivity contribution in [1.29, 1.82) is 0 Å². The standard InChI is InChI=1S/C9H12N2O4/c1-6(15-10)8-4-3-7(14-2)5-9(8)11(12)13/h3-6H,10H2,1-2H3. The summed E-state index contributed by atoms with van der Waals surface area (Å²) in [4.78, 5) is 14.8. The molecule has 0 aliphatic heterocycles. The van der Waals surface area contributed by atoms with Gasteiger partial charge in [0.2, 0.25) is 0 Å². The van der Waals surface area contributed by atoms with Crippen molar-refractivity contribution in [2.24, 2.45) is 5.90 Å². The number of hydrogen-bond donors (Lipinski definition) is 1. The molecule has 2 N–H and O–H groups in total. The van der Waals surface area contributed by atoms with Gasteiger partial charge in [-0.1, -0.05) is 0 Å². The van der Waals surface area contributed by atoms with Crippen LogP contribution in [0.4, 0.5) is 5.69 Å². The zero-order valence-corrected chi connectivity index (χ0v) is 8.47. The number of rotatable bonds is 4. The van der Waals surface area contributed by atoms with Crippen molar-refractivity contribution >= 4 is 5.69 Å². The van der Waals surface area contributed by atoms with E-state index in [9.17, 15) is 10.1 Å². The zero-order valence-electron chi connectivity index (χ0n) is 8.47. The highest BCUT2D eigenvalue weighted by atomic mass is 16.6. The summed E-state index contributed by atoms with van der Waals surface area (Å²) in [5.41, 5.74) is 0.357. The van der Waals surface area contributed by atoms with Crippen molar-refractivity contribution in [3.63, 3.8) is 0 Å². The molecule has 0 heterocycles. The summed E-state index contributed by atoms with van der Waals surface area (Å²) in [5.74, 6) is 5.42. The molecule has 1 rings (SSSR count). The van der Waals surface area contributed by atoms with Gasteiger partial charge >= 0.3 is 0 Å². The number of ether oxygens (including phenoxy) is 1. The quantitative estimate of drug-likeness (QED) is 0.604. The van der Waals surface area contributed by atoms with Crippen LogP contribution in [-0.4, -0.2) is 12.0 Å². The molecule has 0 radical (unpaired) electrons. The second-order valence-corrected chi connectivity index (χ2v) is 2.96. The van der Waals surface area contributed by atoms with Crippen molar-refractivity contribution in [3.05, 3.63) is 33.9 Å². The zero-order chi connectivity index (χ0) is 11.4. The summed E-state index contributed by atoms with van der Waals surface area (Å²) in [5, 5.41) is 10.8. The number of nitrogens with zero attached hydrogens (tertiary/aromatic N) is 1. The lowest BCUT2D eigenvalue weighted by molar-refractivity contribution is -0.386. The van der Waals surface area contributed by atoms with Gasteiger partial charge in [-0.15, -0.1) is 0 Å². The molecule has 0 saturated carbocycles. The molecule has 0 amide bonds. The highest BCUT2D eigenvalue weighted by Crippen LogP contribution is 2.30. The van der Waals surface area contributed by atoms with Crippen LogP contribution < -0.4 is 10.6 Å². The molecule has 82 valence electrons. The Morgan fingerprint density at radius 1 is 1.53 bits per heavy atom. The van der Waals surface area contributed by atoms with E-state index in [1.807, 2.05) is 0 Å². The first-order valence-electron chi connectivity index (χ1n) is 4.28. The lowest BCUT2D eigenvalue weighted by atomic mass is 10.1. The Bertz CT molecular complexity index is 367. The van der Waals surface area contributed by atoms with E-state index in [2.05, 4.69) is 4.84 Å². The van der Waals surface area contributed by atoms with Crippen molar-refractivity contribution in [2.45, 2.75) is 13.0 Å². The van der Waals surface area contributed by atoms with Gasteiger partial charge in [0.1, 0.15) is 11.9 Å². The summed E-state index contributed by atoms with van der Waals surface area (Å²) >= 11 is 0. The maximum Gasteiger partial charge on any atom is 0.278 e. The van der Waals surface area contributed by atoms with Gasteiger partial charge in [-0.25, -0.2) is 5.90 Å². The number of nitrogens with two attached hydrogens (primary N) is 1. The Labute approximate surface area is 86.7 Å². The van der Waals surface area contributed by atoms with E-state index in [4.69, 9.17) is 10.6 Å². The van der Waals surface area contributed by atoms with E-state index in [1.54, 1.807) is 19.1 Å². The third-order valence-corrected chi connectivity index (χ3v) is 2.08. The van der Waals surface area contributed by atoms with Crippen LogP contribution in [0.3, 0.4) is 0 Å². The molecule has 0 aliphatic rings. The molecular formula is C9H12N2O4. The molecule has 0 aromatic heterocycles. The Hall–Kier alpha value is -1.66. The molecular weight excluding hydrogens is 200 g/mol. The van der Waals surface area contributed by atoms with Crippen LogP contribution in [0.1, 0.15) is 18.6 Å². The van der Waals surface area contributed by atoms with Crippen molar-refractivity contribution in [1.82, 2.24) is 0 Å². The molecule has 1 aromatic rings. The van der Waals surface area contributed by atoms with E-state index < -0.39 is 11.0 Å². The van der Waals surface area contributed by atoms with Gasteiger partial charge in [0, 0.05) is 0 Å². The van der Waals surface area contributed by atoms with Crippen LogP contribution >= 0.6 is 0 Å². The lowest BCUT2D eigenvalue weighted by Crippen LogP contribution is -2.08. The molecule has 0 aliphatic carbocycles. The van der Waals surface area contributed by atoms with Gasteiger partial charge < -0.3 is 4.74 Å². The van der Waals surface area contributed by atoms with Gasteiger partial charge in [0.15, 0.2) is 0 Å². The number of benzene rings is 1. The molecule has 1 aromatic carbocycles. The first-order chi connectivity index (χ1) is 7.10. The lowest BCUT2D eigenvalue weighted by Gasteiger charge is -2.10. The second-order valence-electron chi connectivity index (χ2n) is 2.96. The van der Waals surface area contributed by atoms with Gasteiger partial charge in [0.25, 0.3) is 5.69 Å². The molecule has 6 nitrogen and oxygen atoms in total. The molecule has 0 bridgehead atoms. The van der Waals surface area contributed by atoms with E-state index in [-0.39, 0.29) is 5.69 Å². The van der Waals surface area contributed by atoms with E-state index in [0.29, 0.717) is 11.3 Å². The Balaban J connectivity index is 3.21. The van der Waals surface area contributed by atoms with Crippen LogP contribution in [0.2, 0.25) is 0 Å². The van der Waals surface area contributed by atoms with E-state index in [0.717, 1.165) is 0 Å². The summed E-state index contributed by atoms with van der Waals surface area (Å²) in [6, 6.07) is 4.53. The molecule has 6 heteroatoms. The maximum absolute atomic E-state index is 10.8. The Kier molecular flexibility index (Phi) is 3.59. The fourth-order valence-electron chi connectivity index (χ4n) is 1.23. The fraction of sp³-hybridized carbons (Fsp3) is 0.333. The molecule has 0 saturated heterocycles. The highest BCUT2D eigenvalue weighted by molar-refractivity contribution is 5.47. The molecule has 0 fully saturated rings. The Morgan fingerprint density at radius 2 is 2.20 bits per heavy atom. The third kappa shape index (κ3) is 2.42. The number of methoxy groups -OCH3 is 1. The van der Waals surface area contributed by atoms with Crippen molar-refractivity contribution < 1.29 is 14.5 Å². The number of nitro groups is 1. The second kappa shape index (κ2) is 4.72. The topological polar surface area (TPSA) is 87.6 Å². The summed E-state index contributed by atoms with van der Waals surface area (Å²) in [6.07, 6.45) is -0.531. The Morgan fingerprint density at radius 3 is 2.67 bits per heavy atom. The van der Waals surface area contributed by atoms with Crippen LogP contribution in [-0.2, 0) is 4.84 Å². The van der Waals surface area contributed by atoms with Crippen LogP contribution in [0.25, 0.3) is 0 Å². The van der Waals surface area contributed by atoms with Crippen LogP contribution in [0.5, 0.6) is 5.75 Å². The summed E-state index contributed by atoms with van der Waals surface area (Å²) in [7, 11) is 1.45. The molecule has 15 heavy (non-hydrogen) atoms. The third-order valence-electron chi connectivity index (χ3n) is 2.08. The number of nitro benzene ring substituents is 1. The first kappa shape index (κ1) is 11.4. The van der Waals surface area contributed by atoms with Gasteiger partial charge in [-0.2, -0.15) is 0 Å². The maximum atomic E-state index is 10.8. The van der Waals surface area contributed by atoms with Crippen LogP contribution in [0.15, 0.2) is 18.2 Å². The highest BCUT2D eigenvalue weighted by Gasteiger charge is 2.19.